The predicted molar refractivity (Wildman–Crippen MR) is 239 cm³/mol. The van der Waals surface area contributed by atoms with Crippen molar-refractivity contribution >= 4 is 59.9 Å². The molecule has 0 fully saturated rings. The maximum atomic E-state index is 2.36. The van der Waals surface area contributed by atoms with Gasteiger partial charge < -0.3 is 4.90 Å². The van der Waals surface area contributed by atoms with Gasteiger partial charge in [-0.1, -0.05) is 152 Å². The van der Waals surface area contributed by atoms with Gasteiger partial charge in [0.15, 0.2) is 0 Å². The van der Waals surface area contributed by atoms with Crippen LogP contribution < -0.4 is 4.90 Å². The second-order valence-corrected chi connectivity index (χ2v) is 16.0. The van der Waals surface area contributed by atoms with E-state index in [-0.39, 0.29) is 0 Å². The summed E-state index contributed by atoms with van der Waals surface area (Å²) in [6, 6.07) is 77.1. The molecule has 0 amide bonds. The summed E-state index contributed by atoms with van der Waals surface area (Å²) in [6.07, 6.45) is 0. The lowest BCUT2D eigenvalue weighted by Crippen LogP contribution is -2.09. The average molecular weight is 738 g/mol. The van der Waals surface area contributed by atoms with E-state index in [0.29, 0.717) is 0 Å². The van der Waals surface area contributed by atoms with Crippen LogP contribution in [0.5, 0.6) is 0 Å². The van der Waals surface area contributed by atoms with Crippen molar-refractivity contribution in [3.05, 3.63) is 212 Å². The molecule has 0 bridgehead atoms. The number of benzene rings is 8. The summed E-state index contributed by atoms with van der Waals surface area (Å²) in [5.41, 5.74) is 13.1. The Morgan fingerprint density at radius 2 is 0.545 bits per heavy atom. The number of hydrogen-bond donors (Lipinski definition) is 0. The Morgan fingerprint density at radius 3 is 0.909 bits per heavy atom. The lowest BCUT2D eigenvalue weighted by atomic mass is 9.98. The lowest BCUT2D eigenvalue weighted by molar-refractivity contribution is 1.28. The van der Waals surface area contributed by atoms with Crippen molar-refractivity contribution in [1.82, 2.24) is 0 Å². The Morgan fingerprint density at radius 1 is 0.255 bits per heavy atom. The van der Waals surface area contributed by atoms with Gasteiger partial charge in [0.1, 0.15) is 0 Å². The van der Waals surface area contributed by atoms with Crippen LogP contribution in [0.25, 0.3) is 74.4 Å². The van der Waals surface area contributed by atoms with Gasteiger partial charge in [-0.3, -0.25) is 0 Å². The summed E-state index contributed by atoms with van der Waals surface area (Å²) in [4.78, 5) is 4.92. The third-order valence-electron chi connectivity index (χ3n) is 10.3. The molecule has 0 saturated heterocycles. The molecule has 0 aliphatic heterocycles. The molecule has 2 heterocycles. The van der Waals surface area contributed by atoms with Crippen molar-refractivity contribution in [1.29, 1.82) is 0 Å². The minimum atomic E-state index is 1.11. The smallest absolute Gasteiger partial charge is 0.0462 e. The topological polar surface area (TPSA) is 3.24 Å². The van der Waals surface area contributed by atoms with Gasteiger partial charge in [0, 0.05) is 36.2 Å². The van der Waals surface area contributed by atoms with Crippen LogP contribution in [0.2, 0.25) is 0 Å². The van der Waals surface area contributed by atoms with Crippen LogP contribution in [0.4, 0.5) is 17.1 Å². The number of hydrogen-bond acceptors (Lipinski definition) is 3. The van der Waals surface area contributed by atoms with Gasteiger partial charge in [-0.05, 0) is 116 Å². The highest BCUT2D eigenvalue weighted by Crippen LogP contribution is 2.41. The zero-order chi connectivity index (χ0) is 36.6. The summed E-state index contributed by atoms with van der Waals surface area (Å²) in [6.45, 7) is 0. The monoisotopic (exact) mass is 737 g/mol. The molecule has 0 aliphatic rings. The molecule has 10 aromatic rings. The average Bonchev–Trinajstić information content (AvgIpc) is 3.90. The lowest BCUT2D eigenvalue weighted by Gasteiger charge is -2.26. The highest BCUT2D eigenvalue weighted by Gasteiger charge is 2.15. The van der Waals surface area contributed by atoms with Crippen molar-refractivity contribution in [2.24, 2.45) is 0 Å². The van der Waals surface area contributed by atoms with Crippen molar-refractivity contribution in [2.75, 3.05) is 4.90 Å². The van der Waals surface area contributed by atoms with E-state index in [1.54, 1.807) is 0 Å². The van der Waals surface area contributed by atoms with Crippen LogP contribution in [0.15, 0.2) is 212 Å². The standard InChI is InChI=1S/C52H35NS2/c1-2-8-36(9-3-1)37-14-16-38(17-15-37)39-18-20-40(21-19-39)41-22-28-46(29-23-41)53(47-30-24-42(25-31-47)51-34-44-10-4-6-12-49(44)54-51)48-32-26-43(27-33-48)52-35-45-11-5-7-13-50(45)55-52/h1-35H. The van der Waals surface area contributed by atoms with Crippen molar-refractivity contribution in [2.45, 2.75) is 0 Å². The Balaban J connectivity index is 0.948. The fraction of sp³-hybridized carbons (Fsp3) is 0. The number of rotatable bonds is 8. The number of thiophene rings is 2. The number of nitrogens with zero attached hydrogens (tertiary/aromatic N) is 1. The molecule has 1 nitrogen and oxygen atoms in total. The fourth-order valence-electron chi connectivity index (χ4n) is 7.39. The Kier molecular flexibility index (Phi) is 8.64. The molecule has 3 heteroatoms. The van der Waals surface area contributed by atoms with Crippen molar-refractivity contribution in [3.8, 4) is 54.3 Å². The van der Waals surface area contributed by atoms with E-state index in [9.17, 15) is 0 Å². The molecule has 2 aromatic heterocycles. The number of fused-ring (bicyclic) bond motifs is 2. The van der Waals surface area contributed by atoms with Crippen molar-refractivity contribution in [3.63, 3.8) is 0 Å². The first-order chi connectivity index (χ1) is 27.2. The Labute approximate surface area is 329 Å². The van der Waals surface area contributed by atoms with Crippen molar-refractivity contribution < 1.29 is 0 Å². The van der Waals surface area contributed by atoms with Crippen LogP contribution >= 0.6 is 22.7 Å². The zero-order valence-electron chi connectivity index (χ0n) is 30.0. The van der Waals surface area contributed by atoms with Gasteiger partial charge in [-0.15, -0.1) is 22.7 Å². The molecule has 0 spiro atoms. The Bertz CT molecular complexity index is 2680. The second kappa shape index (κ2) is 14.4. The molecular weight excluding hydrogens is 703 g/mol. The summed E-state index contributed by atoms with van der Waals surface area (Å²) < 4.78 is 2.63. The highest BCUT2D eigenvalue weighted by molar-refractivity contribution is 7.22. The van der Waals surface area contributed by atoms with Crippen LogP contribution in [0.3, 0.4) is 0 Å². The van der Waals surface area contributed by atoms with Crippen LogP contribution in [0.1, 0.15) is 0 Å². The van der Waals surface area contributed by atoms with E-state index in [2.05, 4.69) is 217 Å². The third-order valence-corrected chi connectivity index (χ3v) is 12.7. The molecule has 0 radical (unpaired) electrons. The van der Waals surface area contributed by atoms with Crippen LogP contribution in [-0.4, -0.2) is 0 Å². The fourth-order valence-corrected chi connectivity index (χ4v) is 9.53. The molecule has 0 N–H and O–H groups in total. The van der Waals surface area contributed by atoms with Gasteiger partial charge in [0.25, 0.3) is 0 Å². The maximum absolute atomic E-state index is 2.36. The molecule has 0 aliphatic carbocycles. The summed E-state index contributed by atoms with van der Waals surface area (Å²) in [5, 5.41) is 2.58. The SMILES string of the molecule is c1ccc(-c2ccc(-c3ccc(-c4ccc(N(c5ccc(-c6cc7ccccc7s6)cc5)c5ccc(-c6cc7ccccc7s6)cc5)cc4)cc3)cc2)cc1. The van der Waals surface area contributed by atoms with E-state index < -0.39 is 0 Å². The first-order valence-corrected chi connectivity index (χ1v) is 20.2. The molecule has 0 atom stereocenters. The molecule has 8 aromatic carbocycles. The van der Waals surface area contributed by atoms with E-state index in [1.807, 2.05) is 22.7 Å². The molecule has 10 rings (SSSR count). The number of anilines is 3. The van der Waals surface area contributed by atoms with E-state index >= 15 is 0 Å². The first-order valence-electron chi connectivity index (χ1n) is 18.6. The van der Waals surface area contributed by atoms with Gasteiger partial charge in [0.2, 0.25) is 0 Å². The van der Waals surface area contributed by atoms with Crippen LogP contribution in [-0.2, 0) is 0 Å². The van der Waals surface area contributed by atoms with Gasteiger partial charge in [0.05, 0.1) is 0 Å². The summed E-state index contributed by atoms with van der Waals surface area (Å²) in [5.74, 6) is 0. The maximum Gasteiger partial charge on any atom is 0.0462 e. The molecule has 0 saturated carbocycles. The van der Waals surface area contributed by atoms with Gasteiger partial charge in [-0.2, -0.15) is 0 Å². The second-order valence-electron chi connectivity index (χ2n) is 13.8. The summed E-state index contributed by atoms with van der Waals surface area (Å²) >= 11 is 3.69. The minimum absolute atomic E-state index is 1.11. The normalized spacial score (nSPS) is 11.3. The predicted octanol–water partition coefficient (Wildman–Crippen LogP) is 15.9. The van der Waals surface area contributed by atoms with E-state index in [0.717, 1.165) is 17.1 Å². The van der Waals surface area contributed by atoms with E-state index in [1.165, 1.54) is 74.4 Å². The minimum Gasteiger partial charge on any atom is -0.311 e. The zero-order valence-corrected chi connectivity index (χ0v) is 31.6. The summed E-state index contributed by atoms with van der Waals surface area (Å²) in [7, 11) is 0. The molecular formula is C52H35NS2. The van der Waals surface area contributed by atoms with Gasteiger partial charge >= 0.3 is 0 Å². The van der Waals surface area contributed by atoms with Gasteiger partial charge in [-0.25, -0.2) is 0 Å². The molecule has 0 unspecified atom stereocenters. The third kappa shape index (κ3) is 6.65. The first kappa shape index (κ1) is 33.1. The van der Waals surface area contributed by atoms with Crippen LogP contribution in [0, 0.1) is 0 Å². The molecule has 55 heavy (non-hydrogen) atoms. The quantitative estimate of drug-likeness (QED) is 0.150. The molecule has 260 valence electrons. The Hall–Kier alpha value is -6.52. The largest absolute Gasteiger partial charge is 0.311 e. The highest BCUT2D eigenvalue weighted by atomic mass is 32.1. The van der Waals surface area contributed by atoms with E-state index in [4.69, 9.17) is 0 Å².